The summed E-state index contributed by atoms with van der Waals surface area (Å²) in [4.78, 5) is 28.7. The lowest BCUT2D eigenvalue weighted by molar-refractivity contribution is -0.127. The van der Waals surface area contributed by atoms with Crippen LogP contribution in [0.3, 0.4) is 0 Å². The summed E-state index contributed by atoms with van der Waals surface area (Å²) in [5.74, 6) is 0.748. The minimum absolute atomic E-state index is 0.00650. The van der Waals surface area contributed by atoms with E-state index in [1.807, 2.05) is 36.1 Å². The van der Waals surface area contributed by atoms with Gasteiger partial charge in [-0.1, -0.05) is 19.1 Å². The summed E-state index contributed by atoms with van der Waals surface area (Å²) in [6.07, 6.45) is 0.880. The van der Waals surface area contributed by atoms with Crippen LogP contribution in [0.5, 0.6) is 5.75 Å². The van der Waals surface area contributed by atoms with Gasteiger partial charge in [0.2, 0.25) is 0 Å². The maximum absolute atomic E-state index is 13.0. The molecular formula is C18H23N3O3. The molecule has 0 aliphatic carbocycles. The summed E-state index contributed by atoms with van der Waals surface area (Å²) in [5.41, 5.74) is 2.34. The first kappa shape index (κ1) is 16.4. The molecule has 2 atom stereocenters. The van der Waals surface area contributed by atoms with Gasteiger partial charge in [0.15, 0.2) is 0 Å². The van der Waals surface area contributed by atoms with Crippen LogP contribution in [0, 0.1) is 0 Å². The summed E-state index contributed by atoms with van der Waals surface area (Å²) < 4.78 is 5.18. The van der Waals surface area contributed by atoms with Crippen LogP contribution in [-0.4, -0.2) is 48.5 Å². The second-order valence-corrected chi connectivity index (χ2v) is 6.27. The molecule has 0 bridgehead atoms. The van der Waals surface area contributed by atoms with Gasteiger partial charge >= 0.3 is 6.03 Å². The van der Waals surface area contributed by atoms with Gasteiger partial charge in [-0.3, -0.25) is 9.69 Å². The molecule has 0 fully saturated rings. The fourth-order valence-electron chi connectivity index (χ4n) is 3.21. The first-order chi connectivity index (χ1) is 11.5. The van der Waals surface area contributed by atoms with Gasteiger partial charge in [-0.25, -0.2) is 4.79 Å². The number of carbonyl (C=O) groups excluding carboxylic acids is 2. The van der Waals surface area contributed by atoms with Gasteiger partial charge in [-0.05, 0) is 31.0 Å². The number of hydrogen-bond donors (Lipinski definition) is 1. The van der Waals surface area contributed by atoms with Crippen molar-refractivity contribution in [3.8, 4) is 5.75 Å². The van der Waals surface area contributed by atoms with Gasteiger partial charge < -0.3 is 15.0 Å². The molecule has 2 aliphatic rings. The molecule has 0 aromatic heterocycles. The Kier molecular flexibility index (Phi) is 4.22. The molecule has 3 rings (SSSR count). The lowest BCUT2D eigenvalue weighted by Crippen LogP contribution is -2.45. The summed E-state index contributed by atoms with van der Waals surface area (Å²) in [7, 11) is 3.32. The van der Waals surface area contributed by atoms with Crippen molar-refractivity contribution in [1.29, 1.82) is 0 Å². The van der Waals surface area contributed by atoms with Gasteiger partial charge in [0.05, 0.1) is 31.0 Å². The Morgan fingerprint density at radius 3 is 2.54 bits per heavy atom. The molecule has 2 heterocycles. The van der Waals surface area contributed by atoms with Crippen LogP contribution in [0.2, 0.25) is 0 Å². The largest absolute Gasteiger partial charge is 0.497 e. The van der Waals surface area contributed by atoms with Gasteiger partial charge in [-0.15, -0.1) is 0 Å². The van der Waals surface area contributed by atoms with E-state index in [-0.39, 0.29) is 18.0 Å². The summed E-state index contributed by atoms with van der Waals surface area (Å²) >= 11 is 0. The molecule has 0 radical (unpaired) electrons. The van der Waals surface area contributed by atoms with Crippen LogP contribution in [0.1, 0.15) is 31.9 Å². The number of likely N-dealkylation sites (N-methyl/N-ethyl adjacent to an activating group) is 1. The fraction of sp³-hybridized carbons (Fsp3) is 0.444. The van der Waals surface area contributed by atoms with Crippen LogP contribution in [0.4, 0.5) is 4.79 Å². The summed E-state index contributed by atoms with van der Waals surface area (Å²) in [6.45, 7) is 4.58. The van der Waals surface area contributed by atoms with E-state index in [2.05, 4.69) is 12.2 Å². The number of methoxy groups -OCH3 is 1. The lowest BCUT2D eigenvalue weighted by Gasteiger charge is -2.31. The SMILES string of the molecule is CC[C@H](C)N1CC2=C(C1=O)[C@H](c1ccc(OC)cc1)NC(=O)N2C. The van der Waals surface area contributed by atoms with E-state index in [0.29, 0.717) is 12.1 Å². The van der Waals surface area contributed by atoms with Gasteiger partial charge in [0.1, 0.15) is 5.75 Å². The van der Waals surface area contributed by atoms with Crippen LogP contribution >= 0.6 is 0 Å². The molecule has 1 aromatic rings. The molecule has 3 amide bonds. The van der Waals surface area contributed by atoms with Crippen LogP contribution in [0.15, 0.2) is 35.5 Å². The minimum atomic E-state index is -0.420. The maximum atomic E-state index is 13.0. The van der Waals surface area contributed by atoms with Crippen molar-refractivity contribution in [2.45, 2.75) is 32.4 Å². The number of ether oxygens (including phenoxy) is 1. The van der Waals surface area contributed by atoms with Crippen molar-refractivity contribution < 1.29 is 14.3 Å². The number of nitrogens with zero attached hydrogens (tertiary/aromatic N) is 2. The summed E-state index contributed by atoms with van der Waals surface area (Å²) in [5, 5.41) is 2.94. The average molecular weight is 329 g/mol. The Labute approximate surface area is 142 Å². The highest BCUT2D eigenvalue weighted by atomic mass is 16.5. The Morgan fingerprint density at radius 1 is 1.29 bits per heavy atom. The van der Waals surface area contributed by atoms with E-state index in [0.717, 1.165) is 23.4 Å². The molecule has 6 nitrogen and oxygen atoms in total. The van der Waals surface area contributed by atoms with Crippen molar-refractivity contribution in [1.82, 2.24) is 15.1 Å². The van der Waals surface area contributed by atoms with Crippen molar-refractivity contribution in [3.63, 3.8) is 0 Å². The first-order valence-corrected chi connectivity index (χ1v) is 8.20. The predicted octanol–water partition coefficient (Wildman–Crippen LogP) is 2.29. The van der Waals surface area contributed by atoms with E-state index < -0.39 is 6.04 Å². The fourth-order valence-corrected chi connectivity index (χ4v) is 3.21. The number of nitrogens with one attached hydrogen (secondary N) is 1. The van der Waals surface area contributed by atoms with Crippen molar-refractivity contribution in [2.75, 3.05) is 20.7 Å². The molecule has 2 aliphatic heterocycles. The third-order valence-corrected chi connectivity index (χ3v) is 4.96. The Balaban J connectivity index is 2.00. The number of amides is 3. The normalized spacial score (nSPS) is 21.8. The first-order valence-electron chi connectivity index (χ1n) is 8.20. The van der Waals surface area contributed by atoms with E-state index in [1.54, 1.807) is 19.1 Å². The van der Waals surface area contributed by atoms with Crippen molar-refractivity contribution >= 4 is 11.9 Å². The number of rotatable bonds is 4. The predicted molar refractivity (Wildman–Crippen MR) is 90.5 cm³/mol. The molecular weight excluding hydrogens is 306 g/mol. The Morgan fingerprint density at radius 2 is 1.96 bits per heavy atom. The van der Waals surface area contributed by atoms with Crippen molar-refractivity contribution in [3.05, 3.63) is 41.1 Å². The van der Waals surface area contributed by atoms with E-state index in [9.17, 15) is 9.59 Å². The number of carbonyl (C=O) groups is 2. The van der Waals surface area contributed by atoms with Crippen molar-refractivity contribution in [2.24, 2.45) is 0 Å². The van der Waals surface area contributed by atoms with Crippen LogP contribution < -0.4 is 10.1 Å². The second-order valence-electron chi connectivity index (χ2n) is 6.27. The lowest BCUT2D eigenvalue weighted by atomic mass is 9.95. The highest BCUT2D eigenvalue weighted by Gasteiger charge is 2.43. The molecule has 6 heteroatoms. The second kappa shape index (κ2) is 6.19. The van der Waals surface area contributed by atoms with Gasteiger partial charge in [-0.2, -0.15) is 0 Å². The summed E-state index contributed by atoms with van der Waals surface area (Å²) in [6, 6.07) is 6.99. The zero-order valence-corrected chi connectivity index (χ0v) is 14.5. The molecule has 128 valence electrons. The number of benzene rings is 1. The van der Waals surface area contributed by atoms with E-state index >= 15 is 0 Å². The monoisotopic (exact) mass is 329 g/mol. The standard InChI is InChI=1S/C18H23N3O3/c1-5-11(2)21-10-14-15(17(21)22)16(19-18(23)20(14)3)12-6-8-13(24-4)9-7-12/h6-9,11,16H,5,10H2,1-4H3,(H,19,23)/t11-,16-/m0/s1. The highest BCUT2D eigenvalue weighted by molar-refractivity contribution is 6.01. The molecule has 0 spiro atoms. The topological polar surface area (TPSA) is 61.9 Å². The maximum Gasteiger partial charge on any atom is 0.322 e. The van der Waals surface area contributed by atoms with Gasteiger partial charge in [0, 0.05) is 13.1 Å². The number of urea groups is 1. The smallest absolute Gasteiger partial charge is 0.322 e. The molecule has 0 saturated heterocycles. The Hall–Kier alpha value is -2.50. The average Bonchev–Trinajstić information content (AvgIpc) is 2.95. The Bertz CT molecular complexity index is 696. The van der Waals surface area contributed by atoms with Crippen LogP contribution in [0.25, 0.3) is 0 Å². The molecule has 1 aromatic carbocycles. The number of hydrogen-bond acceptors (Lipinski definition) is 3. The molecule has 24 heavy (non-hydrogen) atoms. The van der Waals surface area contributed by atoms with Gasteiger partial charge in [0.25, 0.3) is 5.91 Å². The zero-order chi connectivity index (χ0) is 17.4. The molecule has 0 unspecified atom stereocenters. The zero-order valence-electron chi connectivity index (χ0n) is 14.5. The minimum Gasteiger partial charge on any atom is -0.497 e. The van der Waals surface area contributed by atoms with Crippen LogP contribution in [-0.2, 0) is 4.79 Å². The van der Waals surface area contributed by atoms with E-state index in [1.165, 1.54) is 0 Å². The molecule has 1 N–H and O–H groups in total. The quantitative estimate of drug-likeness (QED) is 0.922. The molecule has 0 saturated carbocycles. The highest BCUT2D eigenvalue weighted by Crippen LogP contribution is 2.36. The third kappa shape index (κ3) is 2.52. The van der Waals surface area contributed by atoms with E-state index in [4.69, 9.17) is 4.74 Å². The third-order valence-electron chi connectivity index (χ3n) is 4.96.